The van der Waals surface area contributed by atoms with E-state index < -0.39 is 5.60 Å². The number of piperidine rings is 1. The molecule has 2 aromatic rings. The van der Waals surface area contributed by atoms with Crippen molar-refractivity contribution in [3.63, 3.8) is 0 Å². The number of carbonyl (C=O) groups is 2. The van der Waals surface area contributed by atoms with Crippen LogP contribution in [0.15, 0.2) is 42.6 Å². The van der Waals surface area contributed by atoms with Crippen molar-refractivity contribution in [2.45, 2.75) is 71.4 Å². The van der Waals surface area contributed by atoms with Gasteiger partial charge in [0.2, 0.25) is 0 Å². The maximum atomic E-state index is 13.0. The van der Waals surface area contributed by atoms with Crippen molar-refractivity contribution < 1.29 is 14.3 Å². The molecular formula is C26H35N3O3. The minimum Gasteiger partial charge on any atom is -0.444 e. The van der Waals surface area contributed by atoms with Crippen LogP contribution in [0.5, 0.6) is 0 Å². The van der Waals surface area contributed by atoms with E-state index in [1.807, 2.05) is 77.9 Å². The van der Waals surface area contributed by atoms with Gasteiger partial charge in [0.25, 0.3) is 5.91 Å². The molecule has 0 radical (unpaired) electrons. The van der Waals surface area contributed by atoms with Gasteiger partial charge in [0, 0.05) is 42.0 Å². The largest absolute Gasteiger partial charge is 0.444 e. The number of rotatable bonds is 4. The number of carbonyl (C=O) groups excluding carboxylic acids is 2. The Morgan fingerprint density at radius 1 is 1.22 bits per heavy atom. The highest BCUT2D eigenvalue weighted by Crippen LogP contribution is 2.37. The number of nitrogens with one attached hydrogen (secondary N) is 1. The van der Waals surface area contributed by atoms with Gasteiger partial charge in [0.05, 0.1) is 0 Å². The van der Waals surface area contributed by atoms with Gasteiger partial charge in [-0.15, -0.1) is 0 Å². The van der Waals surface area contributed by atoms with Crippen molar-refractivity contribution in [2.24, 2.45) is 0 Å². The fourth-order valence-corrected chi connectivity index (χ4v) is 4.50. The third-order valence-corrected chi connectivity index (χ3v) is 6.10. The van der Waals surface area contributed by atoms with Crippen LogP contribution in [0, 0.1) is 13.8 Å². The van der Waals surface area contributed by atoms with Gasteiger partial charge < -0.3 is 15.0 Å². The lowest BCUT2D eigenvalue weighted by Crippen LogP contribution is -2.55. The number of likely N-dealkylation sites (tertiary alicyclic amines) is 1. The van der Waals surface area contributed by atoms with E-state index in [1.54, 1.807) is 11.1 Å². The average Bonchev–Trinajstić information content (AvgIpc) is 2.71. The third kappa shape index (κ3) is 5.47. The van der Waals surface area contributed by atoms with Gasteiger partial charge in [-0.3, -0.25) is 9.78 Å². The lowest BCUT2D eigenvalue weighted by atomic mass is 9.72. The second kappa shape index (κ2) is 9.31. The molecule has 32 heavy (non-hydrogen) atoms. The highest BCUT2D eigenvalue weighted by Gasteiger charge is 2.43. The number of nitrogens with zero attached hydrogens (tertiary/aromatic N) is 2. The molecule has 1 aliphatic rings. The molecule has 1 saturated heterocycles. The maximum Gasteiger partial charge on any atom is 0.410 e. The normalized spacial score (nSPS) is 21.2. The maximum absolute atomic E-state index is 13.0. The van der Waals surface area contributed by atoms with Gasteiger partial charge in [-0.1, -0.05) is 23.8 Å². The molecule has 1 N–H and O–H groups in total. The van der Waals surface area contributed by atoms with Crippen LogP contribution in [0.25, 0.3) is 0 Å². The lowest BCUT2D eigenvalue weighted by Gasteiger charge is -2.45. The highest BCUT2D eigenvalue weighted by atomic mass is 16.6. The Kier molecular flexibility index (Phi) is 6.91. The Balaban J connectivity index is 1.80. The zero-order valence-corrected chi connectivity index (χ0v) is 20.1. The van der Waals surface area contributed by atoms with E-state index in [2.05, 4.69) is 10.3 Å². The average molecular weight is 438 g/mol. The summed E-state index contributed by atoms with van der Waals surface area (Å²) in [5, 5.41) is 3.16. The van der Waals surface area contributed by atoms with Gasteiger partial charge in [0.15, 0.2) is 0 Å². The second-order valence-corrected chi connectivity index (χ2v) is 9.97. The Bertz CT molecular complexity index is 968. The van der Waals surface area contributed by atoms with E-state index in [1.165, 1.54) is 0 Å². The van der Waals surface area contributed by atoms with Crippen LogP contribution < -0.4 is 5.32 Å². The predicted octanol–water partition coefficient (Wildman–Crippen LogP) is 4.79. The first-order valence-corrected chi connectivity index (χ1v) is 11.3. The Morgan fingerprint density at radius 2 is 1.97 bits per heavy atom. The quantitative estimate of drug-likeness (QED) is 0.747. The minimum atomic E-state index is -0.536. The molecule has 2 amide bonds. The smallest absolute Gasteiger partial charge is 0.410 e. The molecule has 2 atom stereocenters. The molecule has 172 valence electrons. The number of hydrogen-bond acceptors (Lipinski definition) is 4. The van der Waals surface area contributed by atoms with Crippen molar-refractivity contribution in [1.82, 2.24) is 15.2 Å². The van der Waals surface area contributed by atoms with Crippen LogP contribution in [-0.4, -0.2) is 46.6 Å². The van der Waals surface area contributed by atoms with Crippen LogP contribution >= 0.6 is 0 Å². The van der Waals surface area contributed by atoms with Gasteiger partial charge in [-0.2, -0.15) is 0 Å². The monoisotopic (exact) mass is 437 g/mol. The van der Waals surface area contributed by atoms with Crippen molar-refractivity contribution >= 4 is 12.0 Å². The van der Waals surface area contributed by atoms with Crippen molar-refractivity contribution in [1.29, 1.82) is 0 Å². The van der Waals surface area contributed by atoms with Crippen LogP contribution in [0.1, 0.15) is 67.7 Å². The first-order valence-electron chi connectivity index (χ1n) is 11.3. The molecule has 1 aromatic carbocycles. The summed E-state index contributed by atoms with van der Waals surface area (Å²) in [7, 11) is 0. The number of aryl methyl sites for hydroxylation is 2. The topological polar surface area (TPSA) is 71.5 Å². The van der Waals surface area contributed by atoms with E-state index >= 15 is 0 Å². The van der Waals surface area contributed by atoms with Crippen LogP contribution in [0.4, 0.5) is 4.79 Å². The van der Waals surface area contributed by atoms with E-state index in [-0.39, 0.29) is 23.5 Å². The zero-order valence-electron chi connectivity index (χ0n) is 20.1. The summed E-state index contributed by atoms with van der Waals surface area (Å²) in [6.45, 7) is 12.6. The second-order valence-electron chi connectivity index (χ2n) is 9.97. The third-order valence-electron chi connectivity index (χ3n) is 6.10. The van der Waals surface area contributed by atoms with Crippen LogP contribution in [-0.2, 0) is 10.2 Å². The summed E-state index contributed by atoms with van der Waals surface area (Å²) in [4.78, 5) is 32.1. The molecule has 0 unspecified atom stereocenters. The molecule has 6 nitrogen and oxygen atoms in total. The number of pyridine rings is 1. The van der Waals surface area contributed by atoms with Crippen molar-refractivity contribution in [2.75, 3.05) is 13.1 Å². The molecule has 0 saturated carbocycles. The first-order chi connectivity index (χ1) is 15.0. The summed E-state index contributed by atoms with van der Waals surface area (Å²) >= 11 is 0. The zero-order chi connectivity index (χ0) is 23.5. The summed E-state index contributed by atoms with van der Waals surface area (Å²) in [6.07, 6.45) is 2.88. The van der Waals surface area contributed by atoms with E-state index in [4.69, 9.17) is 4.74 Å². The summed E-state index contributed by atoms with van der Waals surface area (Å²) in [6, 6.07) is 11.7. The Hall–Kier alpha value is -2.89. The molecule has 0 aliphatic carbocycles. The lowest BCUT2D eigenvalue weighted by molar-refractivity contribution is 0.00361. The number of aromatic nitrogens is 1. The molecule has 3 rings (SSSR count). The van der Waals surface area contributed by atoms with Crippen molar-refractivity contribution in [3.05, 3.63) is 65.0 Å². The molecule has 2 heterocycles. The van der Waals surface area contributed by atoms with Crippen LogP contribution in [0.3, 0.4) is 0 Å². The van der Waals surface area contributed by atoms with E-state index in [9.17, 15) is 9.59 Å². The molecule has 0 spiro atoms. The fraction of sp³-hybridized carbons (Fsp3) is 0.500. The van der Waals surface area contributed by atoms with E-state index in [0.29, 0.717) is 31.5 Å². The standard InChI is InChI=1S/C26H35N3O3/c1-18-10-11-21(19(2)15-18)23(30)28-17-26(22-9-7-8-13-27-22)12-14-29(20(3)16-26)24(31)32-25(4,5)6/h7-11,13,15,20H,12,14,16-17H2,1-6H3,(H,28,30)/t20-,26+/m1/s1. The number of hydrogen-bond donors (Lipinski definition) is 1. The highest BCUT2D eigenvalue weighted by molar-refractivity contribution is 5.95. The summed E-state index contributed by atoms with van der Waals surface area (Å²) in [5.41, 5.74) is 2.83. The van der Waals surface area contributed by atoms with Gasteiger partial charge in [0.1, 0.15) is 5.60 Å². The molecule has 1 aliphatic heterocycles. The molecule has 6 heteroatoms. The predicted molar refractivity (Wildman–Crippen MR) is 126 cm³/mol. The van der Waals surface area contributed by atoms with E-state index in [0.717, 1.165) is 16.8 Å². The SMILES string of the molecule is Cc1ccc(C(=O)NC[C@]2(c3ccccn3)CCN(C(=O)OC(C)(C)C)[C@H](C)C2)c(C)c1. The Labute approximate surface area is 191 Å². The molecular weight excluding hydrogens is 402 g/mol. The molecule has 1 aromatic heterocycles. The fourth-order valence-electron chi connectivity index (χ4n) is 4.50. The summed E-state index contributed by atoms with van der Waals surface area (Å²) in [5.74, 6) is -0.0833. The minimum absolute atomic E-state index is 0.0429. The molecule has 0 bridgehead atoms. The van der Waals surface area contributed by atoms with Crippen molar-refractivity contribution in [3.8, 4) is 0 Å². The van der Waals surface area contributed by atoms with Gasteiger partial charge >= 0.3 is 6.09 Å². The van der Waals surface area contributed by atoms with Crippen LogP contribution in [0.2, 0.25) is 0 Å². The summed E-state index contributed by atoms with van der Waals surface area (Å²) < 4.78 is 5.60. The first kappa shape index (κ1) is 23.8. The van der Waals surface area contributed by atoms with Gasteiger partial charge in [-0.05, 0) is 78.1 Å². The molecule has 1 fully saturated rings. The number of benzene rings is 1. The number of ether oxygens (including phenoxy) is 1. The number of amides is 2. The van der Waals surface area contributed by atoms with Gasteiger partial charge in [-0.25, -0.2) is 4.79 Å². The Morgan fingerprint density at radius 3 is 2.56 bits per heavy atom.